The average Bonchev–Trinajstić information content (AvgIpc) is 3.18. The number of amides is 2. The van der Waals surface area contributed by atoms with Crippen LogP contribution in [0.2, 0.25) is 5.02 Å². The predicted molar refractivity (Wildman–Crippen MR) is 132 cm³/mol. The van der Waals surface area contributed by atoms with Crippen molar-refractivity contribution < 1.29 is 45.8 Å². The highest BCUT2D eigenvalue weighted by Crippen LogP contribution is 2.36. The molecule has 0 unspecified atom stereocenters. The number of benzene rings is 2. The molecule has 0 radical (unpaired) electrons. The topological polar surface area (TPSA) is 102 Å². The molecule has 4 rings (SSSR count). The molecule has 3 N–H and O–H groups in total. The Morgan fingerprint density at radius 3 is 2.30 bits per heavy atom. The Bertz CT molecular complexity index is 1270. The van der Waals surface area contributed by atoms with E-state index in [0.29, 0.717) is 44.8 Å². The van der Waals surface area contributed by atoms with Gasteiger partial charge in [0.2, 0.25) is 5.91 Å². The van der Waals surface area contributed by atoms with Crippen LogP contribution in [0.15, 0.2) is 36.4 Å². The van der Waals surface area contributed by atoms with E-state index in [1.807, 2.05) is 4.90 Å². The van der Waals surface area contributed by atoms with Gasteiger partial charge in [0.05, 0.1) is 17.3 Å². The van der Waals surface area contributed by atoms with E-state index >= 15 is 0 Å². The molecule has 1 atom stereocenters. The van der Waals surface area contributed by atoms with E-state index in [0.717, 1.165) is 12.1 Å². The minimum absolute atomic E-state index is 0.0796. The minimum atomic E-state index is -5.08. The molecule has 2 amide bonds. The molecule has 0 saturated carbocycles. The number of likely N-dealkylation sites (tertiary alicyclic amines) is 1. The van der Waals surface area contributed by atoms with Gasteiger partial charge < -0.3 is 25.5 Å². The zero-order valence-corrected chi connectivity index (χ0v) is 21.8. The van der Waals surface area contributed by atoms with E-state index in [4.69, 9.17) is 21.5 Å². The average molecular weight is 595 g/mol. The maximum atomic E-state index is 14.0. The number of piperidine rings is 1. The number of halogens is 7. The van der Waals surface area contributed by atoms with Crippen molar-refractivity contribution in [2.75, 3.05) is 31.2 Å². The van der Waals surface area contributed by atoms with Crippen LogP contribution < -0.4 is 15.5 Å². The third-order valence-corrected chi connectivity index (χ3v) is 6.93. The van der Waals surface area contributed by atoms with Crippen LogP contribution >= 0.6 is 11.6 Å². The first-order chi connectivity index (χ1) is 18.7. The summed E-state index contributed by atoms with van der Waals surface area (Å²) in [6.07, 6.45) is -4.03. The van der Waals surface area contributed by atoms with E-state index in [1.165, 1.54) is 12.1 Å². The highest BCUT2D eigenvalue weighted by atomic mass is 35.5. The number of alkyl halides is 3. The molecule has 2 aromatic rings. The summed E-state index contributed by atoms with van der Waals surface area (Å²) in [5, 5.41) is 12.1. The van der Waals surface area contributed by atoms with Gasteiger partial charge in [0.1, 0.15) is 23.0 Å². The number of carboxylic acids is 1. The third-order valence-electron chi connectivity index (χ3n) is 6.56. The van der Waals surface area contributed by atoms with Crippen molar-refractivity contribution in [3.8, 4) is 0 Å². The quantitative estimate of drug-likeness (QED) is 0.358. The standard InChI is InChI=1S/C23H24ClF3N4O2.C2HF3O2/c1-14(29-21(32)19-17(26)5-6-18(27)20(19)24)12-30-9-7-23(8-10-30)22(33)28-13-31(23)16-4-2-3-15(25)11-16;3-2(4,5)1(6)7/h2-6,11,14H,7-10,12-13H2,1H3,(H,28,33)(H,29,32);(H,6,7)/t14-;/m0./s1. The predicted octanol–water partition coefficient (Wildman–Crippen LogP) is 3.94. The van der Waals surface area contributed by atoms with Crippen LogP contribution in [0, 0.1) is 17.5 Å². The lowest BCUT2D eigenvalue weighted by Crippen LogP contribution is -2.57. The molecule has 15 heteroatoms. The van der Waals surface area contributed by atoms with Gasteiger partial charge >= 0.3 is 12.1 Å². The van der Waals surface area contributed by atoms with E-state index in [9.17, 15) is 35.9 Å². The second-order valence-electron chi connectivity index (χ2n) is 9.30. The third kappa shape index (κ3) is 6.97. The van der Waals surface area contributed by atoms with E-state index in [1.54, 1.807) is 19.1 Å². The summed E-state index contributed by atoms with van der Waals surface area (Å²) in [5.74, 6) is -5.74. The Hall–Kier alpha value is -3.52. The molecule has 0 aromatic heterocycles. The fourth-order valence-electron chi connectivity index (χ4n) is 4.64. The van der Waals surface area contributed by atoms with E-state index in [2.05, 4.69) is 15.5 Å². The number of rotatable bonds is 5. The van der Waals surface area contributed by atoms with Gasteiger partial charge in [-0.25, -0.2) is 18.0 Å². The fourth-order valence-corrected chi connectivity index (χ4v) is 4.88. The summed E-state index contributed by atoms with van der Waals surface area (Å²) >= 11 is 5.77. The first-order valence-corrected chi connectivity index (χ1v) is 12.3. The molecule has 2 aromatic carbocycles. The van der Waals surface area contributed by atoms with Crippen molar-refractivity contribution in [3.63, 3.8) is 0 Å². The number of nitrogens with one attached hydrogen (secondary N) is 2. The second kappa shape index (κ2) is 12.3. The zero-order valence-electron chi connectivity index (χ0n) is 21.0. The molecule has 0 aliphatic carbocycles. The van der Waals surface area contributed by atoms with Crippen molar-refractivity contribution in [3.05, 3.63) is 64.4 Å². The first kappa shape index (κ1) is 31.0. The molecule has 1 spiro atoms. The molecule has 0 bridgehead atoms. The number of carbonyl (C=O) groups excluding carboxylic acids is 2. The lowest BCUT2D eigenvalue weighted by Gasteiger charge is -2.43. The highest BCUT2D eigenvalue weighted by molar-refractivity contribution is 6.34. The van der Waals surface area contributed by atoms with Gasteiger partial charge in [0.15, 0.2) is 0 Å². The van der Waals surface area contributed by atoms with Crippen molar-refractivity contribution in [2.24, 2.45) is 0 Å². The van der Waals surface area contributed by atoms with Gasteiger partial charge in [0.25, 0.3) is 5.91 Å². The fraction of sp³-hybridized carbons (Fsp3) is 0.400. The molecule has 2 heterocycles. The summed E-state index contributed by atoms with van der Waals surface area (Å²) in [5.41, 5.74) is -0.624. The number of anilines is 1. The number of aliphatic carboxylic acids is 1. The van der Waals surface area contributed by atoms with Crippen LogP contribution in [0.4, 0.5) is 32.0 Å². The molecule has 2 saturated heterocycles. The van der Waals surface area contributed by atoms with Crippen LogP contribution in [0.25, 0.3) is 0 Å². The normalized spacial score (nSPS) is 17.6. The SMILES string of the molecule is C[C@@H](CN1CCC2(CC1)C(=O)NCN2c1cccc(F)c1)NC(=O)c1c(F)ccc(F)c1Cl.O=C(O)C(F)(F)F. The van der Waals surface area contributed by atoms with Gasteiger partial charge in [-0.1, -0.05) is 17.7 Å². The lowest BCUT2D eigenvalue weighted by atomic mass is 9.85. The molecule has 2 aliphatic heterocycles. The first-order valence-electron chi connectivity index (χ1n) is 11.9. The second-order valence-corrected chi connectivity index (χ2v) is 9.68. The zero-order chi connectivity index (χ0) is 29.8. The summed E-state index contributed by atoms with van der Waals surface area (Å²) in [4.78, 5) is 38.1. The van der Waals surface area contributed by atoms with Crippen LogP contribution in [0.5, 0.6) is 0 Å². The molecule has 218 valence electrons. The summed E-state index contributed by atoms with van der Waals surface area (Å²) < 4.78 is 73.1. The van der Waals surface area contributed by atoms with Gasteiger partial charge in [0, 0.05) is 31.4 Å². The van der Waals surface area contributed by atoms with Crippen LogP contribution in [-0.2, 0) is 9.59 Å². The van der Waals surface area contributed by atoms with Crippen LogP contribution in [0.3, 0.4) is 0 Å². The Balaban J connectivity index is 0.000000559. The Labute approximate surface area is 229 Å². The highest BCUT2D eigenvalue weighted by Gasteiger charge is 2.50. The largest absolute Gasteiger partial charge is 0.490 e. The summed E-state index contributed by atoms with van der Waals surface area (Å²) in [6, 6.07) is 7.54. The number of nitrogens with zero attached hydrogens (tertiary/aromatic N) is 2. The Kier molecular flexibility index (Phi) is 9.56. The van der Waals surface area contributed by atoms with Gasteiger partial charge in [-0.3, -0.25) is 9.59 Å². The Morgan fingerprint density at radius 2 is 1.73 bits per heavy atom. The minimum Gasteiger partial charge on any atom is -0.475 e. The molecular weight excluding hydrogens is 570 g/mol. The van der Waals surface area contributed by atoms with E-state index < -0.39 is 45.8 Å². The molecule has 40 heavy (non-hydrogen) atoms. The lowest BCUT2D eigenvalue weighted by molar-refractivity contribution is -0.192. The van der Waals surface area contributed by atoms with Crippen LogP contribution in [0.1, 0.15) is 30.1 Å². The molecule has 2 aliphatic rings. The smallest absolute Gasteiger partial charge is 0.475 e. The maximum Gasteiger partial charge on any atom is 0.490 e. The van der Waals surface area contributed by atoms with Crippen molar-refractivity contribution in [2.45, 2.75) is 37.5 Å². The number of hydrogen-bond donors (Lipinski definition) is 3. The summed E-state index contributed by atoms with van der Waals surface area (Å²) in [6.45, 7) is 3.68. The van der Waals surface area contributed by atoms with Crippen molar-refractivity contribution in [1.29, 1.82) is 0 Å². The monoisotopic (exact) mass is 594 g/mol. The maximum absolute atomic E-state index is 14.0. The number of carboxylic acid groups (broad SMARTS) is 1. The van der Waals surface area contributed by atoms with Gasteiger partial charge in [-0.15, -0.1) is 0 Å². The number of hydrogen-bond acceptors (Lipinski definition) is 5. The van der Waals surface area contributed by atoms with Crippen molar-refractivity contribution >= 4 is 35.1 Å². The van der Waals surface area contributed by atoms with Gasteiger partial charge in [-0.2, -0.15) is 13.2 Å². The number of carbonyl (C=O) groups is 3. The van der Waals surface area contributed by atoms with Crippen LogP contribution in [-0.4, -0.2) is 71.9 Å². The summed E-state index contributed by atoms with van der Waals surface area (Å²) in [7, 11) is 0. The van der Waals surface area contributed by atoms with E-state index in [-0.39, 0.29) is 17.8 Å². The van der Waals surface area contributed by atoms with Crippen molar-refractivity contribution in [1.82, 2.24) is 15.5 Å². The van der Waals surface area contributed by atoms with Gasteiger partial charge in [-0.05, 0) is 50.1 Å². The molecule has 8 nitrogen and oxygen atoms in total. The molecule has 2 fully saturated rings. The Morgan fingerprint density at radius 1 is 1.12 bits per heavy atom. The molecular formula is C25H25ClF6N4O4.